The Balaban J connectivity index is 1.58. The maximum atomic E-state index is 12.9. The number of nitrogens with two attached hydrogens (primary N) is 1. The molecule has 7 heteroatoms. The molecule has 30 heavy (non-hydrogen) atoms. The molecule has 0 saturated carbocycles. The number of likely N-dealkylation sites (tertiary alicyclic amines) is 1. The predicted molar refractivity (Wildman–Crippen MR) is 117 cm³/mol. The number of rotatable bonds is 6. The topological polar surface area (TPSA) is 96.7 Å². The van der Waals surface area contributed by atoms with Crippen molar-refractivity contribution in [3.8, 4) is 5.75 Å². The molecule has 0 aliphatic carbocycles. The van der Waals surface area contributed by atoms with E-state index < -0.39 is 0 Å². The van der Waals surface area contributed by atoms with Gasteiger partial charge < -0.3 is 26.0 Å². The van der Waals surface area contributed by atoms with Crippen LogP contribution in [0.3, 0.4) is 0 Å². The first-order chi connectivity index (χ1) is 14.5. The summed E-state index contributed by atoms with van der Waals surface area (Å²) in [6, 6.07) is 12.9. The second kappa shape index (κ2) is 10.0. The molecule has 2 aromatic carbocycles. The fourth-order valence-electron chi connectivity index (χ4n) is 3.91. The summed E-state index contributed by atoms with van der Waals surface area (Å²) in [5, 5.41) is 5.44. The number of piperidine rings is 1. The zero-order valence-electron chi connectivity index (χ0n) is 17.6. The molecule has 1 fully saturated rings. The Bertz CT molecular complexity index is 883. The van der Waals surface area contributed by atoms with Gasteiger partial charge >= 0.3 is 6.03 Å². The SMILES string of the molecule is COc1c(C)cccc1C1CCCCN1C(=O)CNC(=O)NCc1ccc(N)cc1. The molecule has 4 N–H and O–H groups in total. The van der Waals surface area contributed by atoms with Crippen molar-refractivity contribution in [1.29, 1.82) is 0 Å². The minimum absolute atomic E-state index is 0.0410. The van der Waals surface area contributed by atoms with Crippen molar-refractivity contribution in [3.63, 3.8) is 0 Å². The van der Waals surface area contributed by atoms with Gasteiger partial charge in [0, 0.05) is 24.3 Å². The molecule has 3 rings (SSSR count). The molecule has 2 aromatic rings. The van der Waals surface area contributed by atoms with Crippen LogP contribution in [0, 0.1) is 6.92 Å². The summed E-state index contributed by atoms with van der Waals surface area (Å²) in [6.45, 7) is 3.00. The fourth-order valence-corrected chi connectivity index (χ4v) is 3.91. The first kappa shape index (κ1) is 21.5. The molecule has 1 aliphatic heterocycles. The third kappa shape index (κ3) is 5.23. The number of amides is 3. The van der Waals surface area contributed by atoms with Crippen molar-refractivity contribution >= 4 is 17.6 Å². The van der Waals surface area contributed by atoms with Crippen molar-refractivity contribution in [2.24, 2.45) is 0 Å². The average Bonchev–Trinajstić information content (AvgIpc) is 2.77. The molecule has 0 spiro atoms. The number of carbonyl (C=O) groups is 2. The van der Waals surface area contributed by atoms with Crippen molar-refractivity contribution in [2.45, 2.75) is 38.8 Å². The number of para-hydroxylation sites is 1. The molecule has 3 amide bonds. The normalized spacial score (nSPS) is 16.1. The van der Waals surface area contributed by atoms with Crippen molar-refractivity contribution in [1.82, 2.24) is 15.5 Å². The lowest BCUT2D eigenvalue weighted by molar-refractivity contribution is -0.133. The maximum absolute atomic E-state index is 12.9. The third-order valence-corrected chi connectivity index (χ3v) is 5.46. The van der Waals surface area contributed by atoms with Crippen LogP contribution < -0.4 is 21.1 Å². The van der Waals surface area contributed by atoms with E-state index in [1.54, 1.807) is 19.2 Å². The fraction of sp³-hybridized carbons (Fsp3) is 0.391. The second-order valence-corrected chi connectivity index (χ2v) is 7.57. The summed E-state index contributed by atoms with van der Waals surface area (Å²) in [7, 11) is 1.66. The number of hydrogen-bond donors (Lipinski definition) is 3. The van der Waals surface area contributed by atoms with E-state index >= 15 is 0 Å². The second-order valence-electron chi connectivity index (χ2n) is 7.57. The molecule has 1 saturated heterocycles. The molecule has 0 bridgehead atoms. The summed E-state index contributed by atoms with van der Waals surface area (Å²) in [5.74, 6) is 0.738. The van der Waals surface area contributed by atoms with Crippen LogP contribution in [0.4, 0.5) is 10.5 Å². The summed E-state index contributed by atoms with van der Waals surface area (Å²) < 4.78 is 5.61. The van der Waals surface area contributed by atoms with Crippen LogP contribution in [0.2, 0.25) is 0 Å². The maximum Gasteiger partial charge on any atom is 0.315 e. The van der Waals surface area contributed by atoms with Gasteiger partial charge in [0.05, 0.1) is 19.7 Å². The number of ether oxygens (including phenoxy) is 1. The number of nitrogens with zero attached hydrogens (tertiary/aromatic N) is 1. The Hall–Kier alpha value is -3.22. The highest BCUT2D eigenvalue weighted by Gasteiger charge is 2.30. The van der Waals surface area contributed by atoms with Crippen LogP contribution in [-0.4, -0.2) is 37.0 Å². The Morgan fingerprint density at radius 1 is 1.13 bits per heavy atom. The van der Waals surface area contributed by atoms with Crippen LogP contribution in [0.25, 0.3) is 0 Å². The van der Waals surface area contributed by atoms with E-state index in [4.69, 9.17) is 10.5 Å². The minimum Gasteiger partial charge on any atom is -0.496 e. The molecule has 1 heterocycles. The first-order valence-corrected chi connectivity index (χ1v) is 10.3. The Kier molecular flexibility index (Phi) is 7.17. The largest absolute Gasteiger partial charge is 0.496 e. The van der Waals surface area contributed by atoms with Crippen molar-refractivity contribution in [2.75, 3.05) is 25.9 Å². The lowest BCUT2D eigenvalue weighted by Gasteiger charge is -2.37. The number of hydrogen-bond acceptors (Lipinski definition) is 4. The number of nitrogens with one attached hydrogen (secondary N) is 2. The number of urea groups is 1. The average molecular weight is 411 g/mol. The van der Waals surface area contributed by atoms with Crippen molar-refractivity contribution < 1.29 is 14.3 Å². The van der Waals surface area contributed by atoms with Crippen LogP contribution in [0.1, 0.15) is 42.0 Å². The van der Waals surface area contributed by atoms with E-state index in [0.717, 1.165) is 41.7 Å². The van der Waals surface area contributed by atoms with Crippen LogP contribution in [-0.2, 0) is 11.3 Å². The first-order valence-electron chi connectivity index (χ1n) is 10.3. The Labute approximate surface area is 177 Å². The Morgan fingerprint density at radius 2 is 1.90 bits per heavy atom. The predicted octanol–water partition coefficient (Wildman–Crippen LogP) is 3.14. The quantitative estimate of drug-likeness (QED) is 0.638. The summed E-state index contributed by atoms with van der Waals surface area (Å²) in [4.78, 5) is 26.9. The number of anilines is 1. The van der Waals surface area contributed by atoms with Gasteiger partial charge in [-0.15, -0.1) is 0 Å². The van der Waals surface area contributed by atoms with E-state index in [1.165, 1.54) is 0 Å². The van der Waals surface area contributed by atoms with Crippen molar-refractivity contribution in [3.05, 3.63) is 59.2 Å². The van der Waals surface area contributed by atoms with Gasteiger partial charge in [0.1, 0.15) is 5.75 Å². The van der Waals surface area contributed by atoms with Crippen LogP contribution >= 0.6 is 0 Å². The molecule has 0 radical (unpaired) electrons. The van der Waals surface area contributed by atoms with E-state index in [2.05, 4.69) is 10.6 Å². The molecule has 1 atom stereocenters. The zero-order chi connectivity index (χ0) is 21.5. The standard InChI is InChI=1S/C23H30N4O3/c1-16-6-5-7-19(22(16)30-2)20-8-3-4-13-27(20)21(28)15-26-23(29)25-14-17-9-11-18(24)12-10-17/h5-7,9-12,20H,3-4,8,13-15,24H2,1-2H3,(H2,25,26,29). The summed E-state index contributed by atoms with van der Waals surface area (Å²) in [5.41, 5.74) is 9.35. The minimum atomic E-state index is -0.373. The van der Waals surface area contributed by atoms with Gasteiger partial charge in [-0.2, -0.15) is 0 Å². The molecule has 7 nitrogen and oxygen atoms in total. The summed E-state index contributed by atoms with van der Waals surface area (Å²) >= 11 is 0. The monoisotopic (exact) mass is 410 g/mol. The molecular weight excluding hydrogens is 380 g/mol. The molecule has 0 aromatic heterocycles. The van der Waals surface area contributed by atoms with E-state index in [1.807, 2.05) is 42.2 Å². The van der Waals surface area contributed by atoms with Gasteiger partial charge in [0.15, 0.2) is 0 Å². The number of methoxy groups -OCH3 is 1. The summed E-state index contributed by atoms with van der Waals surface area (Å²) in [6.07, 6.45) is 2.90. The van der Waals surface area contributed by atoms with Gasteiger partial charge in [-0.05, 0) is 49.4 Å². The molecule has 1 unspecified atom stereocenters. The van der Waals surface area contributed by atoms with Gasteiger partial charge in [-0.1, -0.05) is 30.3 Å². The van der Waals surface area contributed by atoms with Gasteiger partial charge in [0.2, 0.25) is 5.91 Å². The van der Waals surface area contributed by atoms with Gasteiger partial charge in [-0.25, -0.2) is 4.79 Å². The molecule has 160 valence electrons. The smallest absolute Gasteiger partial charge is 0.315 e. The lowest BCUT2D eigenvalue weighted by Crippen LogP contribution is -2.46. The highest BCUT2D eigenvalue weighted by molar-refractivity contribution is 5.84. The zero-order valence-corrected chi connectivity index (χ0v) is 17.6. The van der Waals surface area contributed by atoms with Crippen LogP contribution in [0.15, 0.2) is 42.5 Å². The van der Waals surface area contributed by atoms with Gasteiger partial charge in [-0.3, -0.25) is 4.79 Å². The van der Waals surface area contributed by atoms with Gasteiger partial charge in [0.25, 0.3) is 0 Å². The number of benzene rings is 2. The Morgan fingerprint density at radius 3 is 2.63 bits per heavy atom. The number of nitrogen functional groups attached to an aromatic ring is 1. The molecule has 1 aliphatic rings. The van der Waals surface area contributed by atoms with E-state index in [9.17, 15) is 9.59 Å². The number of aryl methyl sites for hydroxylation is 1. The highest BCUT2D eigenvalue weighted by atomic mass is 16.5. The van der Waals surface area contributed by atoms with E-state index in [-0.39, 0.29) is 24.5 Å². The van der Waals surface area contributed by atoms with Crippen LogP contribution in [0.5, 0.6) is 5.75 Å². The third-order valence-electron chi connectivity index (χ3n) is 5.46. The number of carbonyl (C=O) groups excluding carboxylic acids is 2. The van der Waals surface area contributed by atoms with E-state index in [0.29, 0.717) is 18.8 Å². The molecular formula is C23H30N4O3. The lowest BCUT2D eigenvalue weighted by atomic mass is 9.93. The highest BCUT2D eigenvalue weighted by Crippen LogP contribution is 2.37.